The van der Waals surface area contributed by atoms with Gasteiger partial charge in [-0.2, -0.15) is 0 Å². The molecule has 0 spiro atoms. The summed E-state index contributed by atoms with van der Waals surface area (Å²) in [6.07, 6.45) is 0. The summed E-state index contributed by atoms with van der Waals surface area (Å²) in [5, 5.41) is 2.50. The van der Waals surface area contributed by atoms with Gasteiger partial charge in [-0.15, -0.1) is 11.3 Å². The van der Waals surface area contributed by atoms with Gasteiger partial charge in [0.1, 0.15) is 22.1 Å². The first-order valence-electron chi connectivity index (χ1n) is 7.86. The summed E-state index contributed by atoms with van der Waals surface area (Å²) in [7, 11) is 0. The molecule has 3 rings (SSSR count). The smallest absolute Gasteiger partial charge is 0.329 e. The highest BCUT2D eigenvalue weighted by Gasteiger charge is 2.17. The third-order valence-electron chi connectivity index (χ3n) is 3.71. The zero-order chi connectivity index (χ0) is 18.0. The Kier molecular flexibility index (Phi) is 4.71. The molecular weight excluding hydrogens is 340 g/mol. The van der Waals surface area contributed by atoms with Crippen molar-refractivity contribution in [3.05, 3.63) is 50.5 Å². The zero-order valence-electron chi connectivity index (χ0n) is 13.9. The number of anilines is 1. The van der Waals surface area contributed by atoms with E-state index >= 15 is 0 Å². The molecule has 8 heteroatoms. The fourth-order valence-corrected chi connectivity index (χ4v) is 3.36. The molecule has 1 aromatic carbocycles. The summed E-state index contributed by atoms with van der Waals surface area (Å²) in [5.74, 6) is 0.879. The average molecular weight is 358 g/mol. The van der Waals surface area contributed by atoms with Gasteiger partial charge in [-0.3, -0.25) is 14.3 Å². The summed E-state index contributed by atoms with van der Waals surface area (Å²) < 4.78 is 6.82. The molecule has 0 unspecified atom stereocenters. The number of nitrogens with two attached hydrogens (primary N) is 1. The van der Waals surface area contributed by atoms with Gasteiger partial charge in [0.05, 0.1) is 12.3 Å². The van der Waals surface area contributed by atoms with Gasteiger partial charge in [0.15, 0.2) is 0 Å². The first-order valence-corrected chi connectivity index (χ1v) is 8.74. The Balaban J connectivity index is 2.07. The molecular formula is C17H18N4O3S. The SMILES string of the molecule is CCOc1cccc(-c2nc(-c3c(N)n(CC)c(=O)[nH]c3=O)cs2)c1. The highest BCUT2D eigenvalue weighted by molar-refractivity contribution is 7.13. The molecule has 3 aromatic rings. The van der Waals surface area contributed by atoms with E-state index in [-0.39, 0.29) is 11.4 Å². The lowest BCUT2D eigenvalue weighted by molar-refractivity contribution is 0.340. The lowest BCUT2D eigenvalue weighted by Gasteiger charge is -2.09. The number of aromatic amines is 1. The van der Waals surface area contributed by atoms with Crippen LogP contribution >= 0.6 is 11.3 Å². The minimum absolute atomic E-state index is 0.121. The van der Waals surface area contributed by atoms with Gasteiger partial charge in [0, 0.05) is 17.5 Å². The van der Waals surface area contributed by atoms with Gasteiger partial charge in [0.2, 0.25) is 0 Å². The topological polar surface area (TPSA) is 103 Å². The molecule has 130 valence electrons. The molecule has 0 amide bonds. The van der Waals surface area contributed by atoms with Crippen molar-refractivity contribution >= 4 is 17.2 Å². The summed E-state index contributed by atoms with van der Waals surface area (Å²) in [6.45, 7) is 4.65. The van der Waals surface area contributed by atoms with Crippen molar-refractivity contribution < 1.29 is 4.74 Å². The van der Waals surface area contributed by atoms with E-state index in [9.17, 15) is 9.59 Å². The van der Waals surface area contributed by atoms with Crippen molar-refractivity contribution in [2.45, 2.75) is 20.4 Å². The van der Waals surface area contributed by atoms with Gasteiger partial charge in [-0.1, -0.05) is 12.1 Å². The number of hydrogen-bond acceptors (Lipinski definition) is 6. The molecule has 3 N–H and O–H groups in total. The second-order valence-electron chi connectivity index (χ2n) is 5.26. The second-order valence-corrected chi connectivity index (χ2v) is 6.12. The molecule has 0 saturated carbocycles. The van der Waals surface area contributed by atoms with Crippen molar-refractivity contribution in [3.8, 4) is 27.6 Å². The Labute approximate surface area is 147 Å². The number of rotatable bonds is 5. The van der Waals surface area contributed by atoms with Crippen LogP contribution in [-0.4, -0.2) is 21.1 Å². The minimum atomic E-state index is -0.535. The van der Waals surface area contributed by atoms with Crippen LogP contribution < -0.4 is 21.7 Å². The lowest BCUT2D eigenvalue weighted by atomic mass is 10.2. The van der Waals surface area contributed by atoms with Crippen LogP contribution in [-0.2, 0) is 6.54 Å². The molecule has 25 heavy (non-hydrogen) atoms. The van der Waals surface area contributed by atoms with Crippen molar-refractivity contribution in [3.63, 3.8) is 0 Å². The third kappa shape index (κ3) is 3.20. The highest BCUT2D eigenvalue weighted by Crippen LogP contribution is 2.31. The number of thiazole rings is 1. The van der Waals surface area contributed by atoms with Crippen LogP contribution in [0, 0.1) is 0 Å². The Bertz CT molecular complexity index is 1020. The molecule has 0 bridgehead atoms. The number of ether oxygens (including phenoxy) is 1. The lowest BCUT2D eigenvalue weighted by Crippen LogP contribution is -2.32. The summed E-state index contributed by atoms with van der Waals surface area (Å²) in [4.78, 5) is 30.8. The van der Waals surface area contributed by atoms with E-state index in [0.29, 0.717) is 18.8 Å². The van der Waals surface area contributed by atoms with E-state index in [1.807, 2.05) is 31.2 Å². The van der Waals surface area contributed by atoms with Gasteiger partial charge in [0.25, 0.3) is 5.56 Å². The van der Waals surface area contributed by atoms with Gasteiger partial charge >= 0.3 is 5.69 Å². The van der Waals surface area contributed by atoms with E-state index in [1.165, 1.54) is 15.9 Å². The van der Waals surface area contributed by atoms with Gasteiger partial charge in [-0.25, -0.2) is 9.78 Å². The van der Waals surface area contributed by atoms with Crippen LogP contribution in [0.15, 0.2) is 39.2 Å². The maximum Gasteiger partial charge on any atom is 0.329 e. The Hall–Kier alpha value is -2.87. The molecule has 0 radical (unpaired) electrons. The predicted molar refractivity (Wildman–Crippen MR) is 99.1 cm³/mol. The molecule has 0 aliphatic rings. The number of hydrogen-bond donors (Lipinski definition) is 2. The molecule has 0 aliphatic heterocycles. The summed E-state index contributed by atoms with van der Waals surface area (Å²) in [6, 6.07) is 7.58. The summed E-state index contributed by atoms with van der Waals surface area (Å²) in [5.41, 5.74) is 6.52. The average Bonchev–Trinajstić information content (AvgIpc) is 3.05. The highest BCUT2D eigenvalue weighted by atomic mass is 32.1. The molecule has 0 fully saturated rings. The standard InChI is InChI=1S/C17H18N4O3S/c1-3-21-14(18)13(15(22)20-17(21)23)12-9-25-16(19-12)10-6-5-7-11(8-10)24-4-2/h5-9H,3-4,18H2,1-2H3,(H,20,22,23). The Morgan fingerprint density at radius 2 is 2.12 bits per heavy atom. The fourth-order valence-electron chi connectivity index (χ4n) is 2.56. The third-order valence-corrected chi connectivity index (χ3v) is 4.60. The van der Waals surface area contributed by atoms with E-state index < -0.39 is 11.2 Å². The first kappa shape index (κ1) is 17.0. The zero-order valence-corrected chi connectivity index (χ0v) is 14.7. The molecule has 7 nitrogen and oxygen atoms in total. The van der Waals surface area contributed by atoms with Crippen molar-refractivity contribution in [2.75, 3.05) is 12.3 Å². The number of aromatic nitrogens is 3. The maximum absolute atomic E-state index is 12.2. The van der Waals surface area contributed by atoms with Crippen molar-refractivity contribution in [1.29, 1.82) is 0 Å². The second kappa shape index (κ2) is 6.94. The van der Waals surface area contributed by atoms with Crippen LogP contribution in [0.25, 0.3) is 21.8 Å². The number of nitrogens with one attached hydrogen (secondary N) is 1. The van der Waals surface area contributed by atoms with Crippen LogP contribution in [0.2, 0.25) is 0 Å². The minimum Gasteiger partial charge on any atom is -0.494 e. The molecule has 0 saturated heterocycles. The monoisotopic (exact) mass is 358 g/mol. The number of H-pyrrole nitrogens is 1. The maximum atomic E-state index is 12.2. The first-order chi connectivity index (χ1) is 12.0. The molecule has 0 aliphatic carbocycles. The number of benzene rings is 1. The van der Waals surface area contributed by atoms with Gasteiger partial charge < -0.3 is 10.5 Å². The van der Waals surface area contributed by atoms with E-state index in [1.54, 1.807) is 12.3 Å². The van der Waals surface area contributed by atoms with E-state index in [4.69, 9.17) is 10.5 Å². The predicted octanol–water partition coefficient (Wildman–Crippen LogP) is 2.33. The quantitative estimate of drug-likeness (QED) is 0.728. The summed E-state index contributed by atoms with van der Waals surface area (Å²) >= 11 is 1.40. The number of nitrogens with zero attached hydrogens (tertiary/aromatic N) is 2. The molecule has 0 atom stereocenters. The Morgan fingerprint density at radius 1 is 1.32 bits per heavy atom. The molecule has 2 heterocycles. The van der Waals surface area contributed by atoms with Crippen LogP contribution in [0.3, 0.4) is 0 Å². The Morgan fingerprint density at radius 3 is 2.84 bits per heavy atom. The normalized spacial score (nSPS) is 10.8. The number of nitrogen functional groups attached to an aromatic ring is 1. The van der Waals surface area contributed by atoms with Crippen molar-refractivity contribution in [1.82, 2.24) is 14.5 Å². The van der Waals surface area contributed by atoms with Crippen LogP contribution in [0.4, 0.5) is 5.82 Å². The fraction of sp³-hybridized carbons (Fsp3) is 0.235. The van der Waals surface area contributed by atoms with E-state index in [2.05, 4.69) is 9.97 Å². The largest absolute Gasteiger partial charge is 0.494 e. The van der Waals surface area contributed by atoms with Crippen LogP contribution in [0.1, 0.15) is 13.8 Å². The van der Waals surface area contributed by atoms with E-state index in [0.717, 1.165) is 16.3 Å². The van der Waals surface area contributed by atoms with Crippen LogP contribution in [0.5, 0.6) is 5.75 Å². The molecule has 2 aromatic heterocycles. The van der Waals surface area contributed by atoms with Crippen molar-refractivity contribution in [2.24, 2.45) is 0 Å². The van der Waals surface area contributed by atoms with Gasteiger partial charge in [-0.05, 0) is 26.0 Å².